The number of esters is 2. The summed E-state index contributed by atoms with van der Waals surface area (Å²) >= 11 is 0. The average Bonchev–Trinajstić information content (AvgIpc) is 2.61. The average molecular weight is 409 g/mol. The van der Waals surface area contributed by atoms with E-state index in [2.05, 4.69) is 6.92 Å². The van der Waals surface area contributed by atoms with Crippen LogP contribution in [0.3, 0.4) is 0 Å². The number of carbonyl (C=O) groups excluding carboxylic acids is 2. The Morgan fingerprint density at radius 1 is 0.963 bits per heavy atom. The first-order valence-corrected chi connectivity index (χ1v) is 11.4. The summed E-state index contributed by atoms with van der Waals surface area (Å²) in [5.74, 6) is -1.67. The molecule has 1 N–H and O–H groups in total. The van der Waals surface area contributed by atoms with Gasteiger partial charge in [-0.1, -0.05) is 59.8 Å². The fraction of sp³-hybridized carbons (Fsp3) is 0.895. The van der Waals surface area contributed by atoms with Gasteiger partial charge in [-0.25, -0.2) is 0 Å². The highest BCUT2D eigenvalue weighted by atomic mass is 32.2. The number of unbranched alkanes of at least 4 members (excludes halogenated alkanes) is 2. The SMILES string of the molecule is CCCCC(C)COC(=O)C(CC(=O)OCC(CC)CCCC)S(=O)(=O)O. The Morgan fingerprint density at radius 2 is 1.56 bits per heavy atom. The van der Waals surface area contributed by atoms with Gasteiger partial charge in [0.05, 0.1) is 19.6 Å². The van der Waals surface area contributed by atoms with E-state index in [-0.39, 0.29) is 25.0 Å². The molecule has 0 radical (unpaired) electrons. The largest absolute Gasteiger partial charge is 0.465 e. The maximum Gasteiger partial charge on any atom is 0.327 e. The van der Waals surface area contributed by atoms with Gasteiger partial charge in [-0.05, 0) is 24.7 Å². The molecule has 160 valence electrons. The highest BCUT2D eigenvalue weighted by Crippen LogP contribution is 2.15. The van der Waals surface area contributed by atoms with Crippen LogP contribution in [-0.4, -0.2) is 43.4 Å². The molecule has 27 heavy (non-hydrogen) atoms. The van der Waals surface area contributed by atoms with E-state index in [4.69, 9.17) is 9.47 Å². The molecular formula is C19H36O7S. The molecular weight excluding hydrogens is 372 g/mol. The second-order valence-corrected chi connectivity index (χ2v) is 8.78. The zero-order chi connectivity index (χ0) is 20.9. The Labute approximate surface area is 163 Å². The lowest BCUT2D eigenvalue weighted by Gasteiger charge is -2.17. The summed E-state index contributed by atoms with van der Waals surface area (Å²) in [5, 5.41) is -1.95. The molecule has 0 rings (SSSR count). The number of ether oxygens (including phenoxy) is 2. The van der Waals surface area contributed by atoms with Crippen LogP contribution in [0.15, 0.2) is 0 Å². The molecule has 3 unspecified atom stereocenters. The predicted octanol–water partition coefficient (Wildman–Crippen LogP) is 3.76. The van der Waals surface area contributed by atoms with Crippen LogP contribution in [0, 0.1) is 11.8 Å². The van der Waals surface area contributed by atoms with Crippen molar-refractivity contribution in [2.75, 3.05) is 13.2 Å². The fourth-order valence-electron chi connectivity index (χ4n) is 2.58. The van der Waals surface area contributed by atoms with Crippen LogP contribution in [0.4, 0.5) is 0 Å². The molecule has 0 aliphatic carbocycles. The lowest BCUT2D eigenvalue weighted by molar-refractivity contribution is -0.151. The highest BCUT2D eigenvalue weighted by Gasteiger charge is 2.36. The maximum atomic E-state index is 12.1. The van der Waals surface area contributed by atoms with Crippen molar-refractivity contribution in [3.05, 3.63) is 0 Å². The zero-order valence-corrected chi connectivity index (χ0v) is 17.9. The summed E-state index contributed by atoms with van der Waals surface area (Å²) in [7, 11) is -4.76. The van der Waals surface area contributed by atoms with Gasteiger partial charge in [-0.15, -0.1) is 0 Å². The van der Waals surface area contributed by atoms with E-state index in [1.54, 1.807) is 0 Å². The molecule has 0 aromatic heterocycles. The van der Waals surface area contributed by atoms with Crippen LogP contribution in [-0.2, 0) is 29.2 Å². The number of carbonyl (C=O) groups is 2. The topological polar surface area (TPSA) is 107 Å². The van der Waals surface area contributed by atoms with Crippen LogP contribution >= 0.6 is 0 Å². The van der Waals surface area contributed by atoms with E-state index in [1.807, 2.05) is 20.8 Å². The standard InChI is InChI=1S/C19H36O7S/c1-5-8-10-15(4)13-26-19(21)17(27(22,23)24)12-18(20)25-14-16(7-3)11-9-6-2/h15-17H,5-14H2,1-4H3,(H,22,23,24). The van der Waals surface area contributed by atoms with Crippen molar-refractivity contribution in [2.45, 2.75) is 84.3 Å². The minimum absolute atomic E-state index is 0.0504. The first kappa shape index (κ1) is 25.9. The third-order valence-electron chi connectivity index (χ3n) is 4.56. The minimum Gasteiger partial charge on any atom is -0.465 e. The Morgan fingerprint density at radius 3 is 2.07 bits per heavy atom. The van der Waals surface area contributed by atoms with Gasteiger partial charge in [0.15, 0.2) is 5.25 Å². The summed E-state index contributed by atoms with van der Waals surface area (Å²) in [5.41, 5.74) is 0. The van der Waals surface area contributed by atoms with E-state index in [0.29, 0.717) is 0 Å². The van der Waals surface area contributed by atoms with Crippen LogP contribution in [0.2, 0.25) is 0 Å². The van der Waals surface area contributed by atoms with Crippen molar-refractivity contribution in [1.82, 2.24) is 0 Å². The zero-order valence-electron chi connectivity index (χ0n) is 17.1. The van der Waals surface area contributed by atoms with E-state index in [0.717, 1.165) is 44.9 Å². The third kappa shape index (κ3) is 12.0. The Kier molecular flexibility index (Phi) is 13.3. The van der Waals surface area contributed by atoms with Crippen LogP contribution < -0.4 is 0 Å². The summed E-state index contributed by atoms with van der Waals surface area (Å²) in [6.07, 6.45) is 5.90. The van der Waals surface area contributed by atoms with Crippen LogP contribution in [0.25, 0.3) is 0 Å². The van der Waals surface area contributed by atoms with Gasteiger partial charge in [0.25, 0.3) is 10.1 Å². The summed E-state index contributed by atoms with van der Waals surface area (Å²) in [6.45, 7) is 8.23. The molecule has 0 aliphatic heterocycles. The number of hydrogen-bond acceptors (Lipinski definition) is 6. The van der Waals surface area contributed by atoms with E-state index in [9.17, 15) is 22.6 Å². The molecule has 7 nitrogen and oxygen atoms in total. The van der Waals surface area contributed by atoms with Gasteiger partial charge in [-0.3, -0.25) is 14.1 Å². The van der Waals surface area contributed by atoms with Crippen molar-refractivity contribution in [1.29, 1.82) is 0 Å². The van der Waals surface area contributed by atoms with E-state index in [1.165, 1.54) is 0 Å². The molecule has 0 aromatic rings. The van der Waals surface area contributed by atoms with Gasteiger partial charge in [-0.2, -0.15) is 8.42 Å². The lowest BCUT2D eigenvalue weighted by Crippen LogP contribution is -2.35. The fourth-order valence-corrected chi connectivity index (χ4v) is 3.24. The molecule has 0 saturated heterocycles. The smallest absolute Gasteiger partial charge is 0.327 e. The molecule has 3 atom stereocenters. The van der Waals surface area contributed by atoms with Gasteiger partial charge >= 0.3 is 11.9 Å². The summed E-state index contributed by atoms with van der Waals surface area (Å²) in [4.78, 5) is 24.0. The first-order valence-electron chi connectivity index (χ1n) is 9.94. The molecule has 0 fully saturated rings. The van der Waals surface area contributed by atoms with Crippen molar-refractivity contribution >= 4 is 22.1 Å². The molecule has 8 heteroatoms. The number of hydrogen-bond donors (Lipinski definition) is 1. The van der Waals surface area contributed by atoms with Gasteiger partial charge in [0, 0.05) is 0 Å². The minimum atomic E-state index is -4.76. The van der Waals surface area contributed by atoms with E-state index < -0.39 is 33.7 Å². The molecule has 0 aliphatic rings. The van der Waals surface area contributed by atoms with E-state index >= 15 is 0 Å². The molecule has 0 amide bonds. The number of rotatable bonds is 15. The first-order chi connectivity index (χ1) is 12.6. The summed E-state index contributed by atoms with van der Waals surface area (Å²) in [6, 6.07) is 0. The molecule has 0 aromatic carbocycles. The van der Waals surface area contributed by atoms with Crippen molar-refractivity contribution in [3.63, 3.8) is 0 Å². The Hall–Kier alpha value is -1.15. The van der Waals surface area contributed by atoms with Crippen LogP contribution in [0.1, 0.15) is 79.1 Å². The van der Waals surface area contributed by atoms with Gasteiger partial charge in [0.1, 0.15) is 0 Å². The van der Waals surface area contributed by atoms with Crippen LogP contribution in [0.5, 0.6) is 0 Å². The molecule has 0 heterocycles. The molecule has 0 spiro atoms. The maximum absolute atomic E-state index is 12.1. The van der Waals surface area contributed by atoms with Gasteiger partial charge in [0.2, 0.25) is 0 Å². The van der Waals surface area contributed by atoms with Crippen molar-refractivity contribution < 1.29 is 32.0 Å². The molecule has 0 bridgehead atoms. The Bertz CT molecular complexity index is 530. The predicted molar refractivity (Wildman–Crippen MR) is 104 cm³/mol. The second kappa shape index (κ2) is 13.9. The molecule has 0 saturated carbocycles. The highest BCUT2D eigenvalue weighted by molar-refractivity contribution is 7.87. The third-order valence-corrected chi connectivity index (χ3v) is 5.64. The second-order valence-electron chi connectivity index (χ2n) is 7.18. The van der Waals surface area contributed by atoms with Gasteiger partial charge < -0.3 is 9.47 Å². The normalized spacial score (nSPS) is 15.0. The van der Waals surface area contributed by atoms with Crippen molar-refractivity contribution in [3.8, 4) is 0 Å². The quantitative estimate of drug-likeness (QED) is 0.325. The summed E-state index contributed by atoms with van der Waals surface area (Å²) < 4.78 is 42.5. The monoisotopic (exact) mass is 408 g/mol. The Balaban J connectivity index is 4.64. The lowest BCUT2D eigenvalue weighted by atomic mass is 10.0. The van der Waals surface area contributed by atoms with Crippen molar-refractivity contribution in [2.24, 2.45) is 11.8 Å².